The number of alkyl halides is 1. The molecule has 1 heterocycles. The third kappa shape index (κ3) is 3.56. The Morgan fingerprint density at radius 3 is 2.53 bits per heavy atom. The topological polar surface area (TPSA) is 37.8 Å². The van der Waals surface area contributed by atoms with Gasteiger partial charge in [-0.2, -0.15) is 0 Å². The maximum Gasteiger partial charge on any atom is 0.223 e. The van der Waals surface area contributed by atoms with Crippen LogP contribution in [0, 0.1) is 19.8 Å². The number of nitrogens with one attached hydrogen (secondary N) is 1. The molecule has 2 unspecified atom stereocenters. The normalized spacial score (nSPS) is 24.6. The van der Waals surface area contributed by atoms with Crippen LogP contribution >= 0.6 is 11.6 Å². The Hall–Kier alpha value is -0.830. The van der Waals surface area contributed by atoms with E-state index in [0.29, 0.717) is 11.3 Å². The Bertz CT molecular complexity index is 361. The summed E-state index contributed by atoms with van der Waals surface area (Å²) in [4.78, 5) is 8.76. The van der Waals surface area contributed by atoms with Crippen LogP contribution in [-0.2, 0) is 0 Å². The molecule has 0 bridgehead atoms. The third-order valence-electron chi connectivity index (χ3n) is 3.32. The van der Waals surface area contributed by atoms with Gasteiger partial charge in [0.25, 0.3) is 0 Å². The lowest BCUT2D eigenvalue weighted by molar-refractivity contribution is 0.380. The van der Waals surface area contributed by atoms with E-state index in [1.807, 2.05) is 19.9 Å². The maximum absolute atomic E-state index is 6.33. The number of nitrogens with zero attached hydrogens (tertiary/aromatic N) is 2. The van der Waals surface area contributed by atoms with Gasteiger partial charge in [0.15, 0.2) is 0 Å². The first-order chi connectivity index (χ1) is 8.15. The van der Waals surface area contributed by atoms with E-state index in [1.54, 1.807) is 0 Å². The predicted molar refractivity (Wildman–Crippen MR) is 71.6 cm³/mol. The van der Waals surface area contributed by atoms with Gasteiger partial charge in [0, 0.05) is 23.3 Å². The average Bonchev–Trinajstić information content (AvgIpc) is 2.27. The number of aromatic nitrogens is 2. The van der Waals surface area contributed by atoms with E-state index in [2.05, 4.69) is 15.3 Å². The van der Waals surface area contributed by atoms with Gasteiger partial charge in [0.05, 0.1) is 0 Å². The van der Waals surface area contributed by atoms with Gasteiger partial charge in [0.1, 0.15) is 0 Å². The fraction of sp³-hybridized carbons (Fsp3) is 0.692. The first-order valence-corrected chi connectivity index (χ1v) is 6.79. The smallest absolute Gasteiger partial charge is 0.223 e. The SMILES string of the molecule is Cc1cc(C)nc(NCC2CCCCC2Cl)n1. The minimum Gasteiger partial charge on any atom is -0.354 e. The zero-order valence-corrected chi connectivity index (χ0v) is 11.3. The van der Waals surface area contributed by atoms with Crippen LogP contribution in [0.2, 0.25) is 0 Å². The van der Waals surface area contributed by atoms with Crippen LogP contribution < -0.4 is 5.32 Å². The van der Waals surface area contributed by atoms with Gasteiger partial charge in [-0.3, -0.25) is 0 Å². The van der Waals surface area contributed by atoms with Crippen molar-refractivity contribution in [3.63, 3.8) is 0 Å². The molecular weight excluding hydrogens is 234 g/mol. The first-order valence-electron chi connectivity index (χ1n) is 6.35. The van der Waals surface area contributed by atoms with E-state index in [9.17, 15) is 0 Å². The van der Waals surface area contributed by atoms with Crippen molar-refractivity contribution in [1.29, 1.82) is 0 Å². The second-order valence-electron chi connectivity index (χ2n) is 4.92. The summed E-state index contributed by atoms with van der Waals surface area (Å²) in [7, 11) is 0. The third-order valence-corrected chi connectivity index (χ3v) is 3.90. The van der Waals surface area contributed by atoms with Gasteiger partial charge in [-0.1, -0.05) is 12.8 Å². The van der Waals surface area contributed by atoms with E-state index in [4.69, 9.17) is 11.6 Å². The Kier molecular flexibility index (Phi) is 4.21. The summed E-state index contributed by atoms with van der Waals surface area (Å²) in [6.07, 6.45) is 4.92. The Morgan fingerprint density at radius 2 is 1.88 bits per heavy atom. The second kappa shape index (κ2) is 5.67. The number of hydrogen-bond acceptors (Lipinski definition) is 3. The molecule has 4 heteroatoms. The van der Waals surface area contributed by atoms with Gasteiger partial charge in [-0.15, -0.1) is 11.6 Å². The molecule has 1 aliphatic rings. The molecule has 0 aromatic carbocycles. The molecule has 3 nitrogen and oxygen atoms in total. The second-order valence-corrected chi connectivity index (χ2v) is 5.48. The highest BCUT2D eigenvalue weighted by molar-refractivity contribution is 6.20. The van der Waals surface area contributed by atoms with Gasteiger partial charge < -0.3 is 5.32 Å². The molecule has 0 radical (unpaired) electrons. The number of hydrogen-bond donors (Lipinski definition) is 1. The van der Waals surface area contributed by atoms with Gasteiger partial charge in [0.2, 0.25) is 5.95 Å². The summed E-state index contributed by atoms with van der Waals surface area (Å²) in [6, 6.07) is 1.98. The van der Waals surface area contributed by atoms with Crippen molar-refractivity contribution in [3.8, 4) is 0 Å². The fourth-order valence-corrected chi connectivity index (χ4v) is 2.79. The van der Waals surface area contributed by atoms with E-state index in [-0.39, 0.29) is 0 Å². The highest BCUT2D eigenvalue weighted by Crippen LogP contribution is 2.28. The zero-order valence-electron chi connectivity index (χ0n) is 10.5. The molecule has 1 aromatic heterocycles. The standard InChI is InChI=1S/C13H20ClN3/c1-9-7-10(2)17-13(16-9)15-8-11-5-3-4-6-12(11)14/h7,11-12H,3-6,8H2,1-2H3,(H,15,16,17). The van der Waals surface area contributed by atoms with Crippen LogP contribution in [-0.4, -0.2) is 21.9 Å². The molecule has 1 saturated carbocycles. The van der Waals surface area contributed by atoms with Crippen molar-refractivity contribution in [2.75, 3.05) is 11.9 Å². The molecule has 1 fully saturated rings. The molecule has 2 atom stereocenters. The molecule has 0 spiro atoms. The van der Waals surface area contributed by atoms with E-state index in [0.717, 1.165) is 30.3 Å². The van der Waals surface area contributed by atoms with Gasteiger partial charge in [-0.05, 0) is 38.7 Å². The minimum atomic E-state index is 0.308. The molecule has 0 aliphatic heterocycles. The first kappa shape index (κ1) is 12.6. The molecule has 0 amide bonds. The summed E-state index contributed by atoms with van der Waals surface area (Å²) in [6.45, 7) is 4.87. The van der Waals surface area contributed by atoms with Crippen molar-refractivity contribution >= 4 is 17.5 Å². The maximum atomic E-state index is 6.33. The molecule has 2 rings (SSSR count). The van der Waals surface area contributed by atoms with Gasteiger partial charge in [-0.25, -0.2) is 9.97 Å². The van der Waals surface area contributed by atoms with Crippen LogP contribution in [0.3, 0.4) is 0 Å². The van der Waals surface area contributed by atoms with Crippen LogP contribution in [0.4, 0.5) is 5.95 Å². The average molecular weight is 254 g/mol. The van der Waals surface area contributed by atoms with Crippen LogP contribution in [0.15, 0.2) is 6.07 Å². The summed E-state index contributed by atoms with van der Waals surface area (Å²) < 4.78 is 0. The Morgan fingerprint density at radius 1 is 1.24 bits per heavy atom. The number of halogens is 1. The van der Waals surface area contributed by atoms with Crippen molar-refractivity contribution in [1.82, 2.24) is 9.97 Å². The number of aryl methyl sites for hydroxylation is 2. The van der Waals surface area contributed by atoms with E-state index < -0.39 is 0 Å². The molecule has 1 aliphatic carbocycles. The molecule has 17 heavy (non-hydrogen) atoms. The largest absolute Gasteiger partial charge is 0.354 e. The Balaban J connectivity index is 1.92. The number of anilines is 1. The lowest BCUT2D eigenvalue weighted by Crippen LogP contribution is -2.27. The monoisotopic (exact) mass is 253 g/mol. The summed E-state index contributed by atoms with van der Waals surface area (Å²) in [5.74, 6) is 1.28. The summed E-state index contributed by atoms with van der Waals surface area (Å²) in [5.41, 5.74) is 2.01. The predicted octanol–water partition coefficient (Wildman–Crippen LogP) is 3.30. The number of rotatable bonds is 3. The molecular formula is C13H20ClN3. The lowest BCUT2D eigenvalue weighted by atomic mass is 9.89. The highest BCUT2D eigenvalue weighted by Gasteiger charge is 2.22. The van der Waals surface area contributed by atoms with Crippen LogP contribution in [0.1, 0.15) is 37.1 Å². The van der Waals surface area contributed by atoms with Crippen molar-refractivity contribution in [3.05, 3.63) is 17.5 Å². The van der Waals surface area contributed by atoms with Crippen molar-refractivity contribution in [2.45, 2.75) is 44.9 Å². The van der Waals surface area contributed by atoms with Crippen LogP contribution in [0.5, 0.6) is 0 Å². The van der Waals surface area contributed by atoms with E-state index >= 15 is 0 Å². The molecule has 94 valence electrons. The highest BCUT2D eigenvalue weighted by atomic mass is 35.5. The van der Waals surface area contributed by atoms with Crippen LogP contribution in [0.25, 0.3) is 0 Å². The quantitative estimate of drug-likeness (QED) is 0.840. The summed E-state index contributed by atoms with van der Waals surface area (Å²) in [5, 5.41) is 3.63. The summed E-state index contributed by atoms with van der Waals surface area (Å²) >= 11 is 6.33. The molecule has 1 N–H and O–H groups in total. The Labute approximate surface area is 108 Å². The lowest BCUT2D eigenvalue weighted by Gasteiger charge is -2.27. The fourth-order valence-electron chi connectivity index (χ4n) is 2.42. The zero-order chi connectivity index (χ0) is 12.3. The minimum absolute atomic E-state index is 0.308. The van der Waals surface area contributed by atoms with Gasteiger partial charge >= 0.3 is 0 Å². The molecule has 1 aromatic rings. The van der Waals surface area contributed by atoms with Crippen molar-refractivity contribution in [2.24, 2.45) is 5.92 Å². The van der Waals surface area contributed by atoms with Crippen molar-refractivity contribution < 1.29 is 0 Å². The molecule has 0 saturated heterocycles. The van der Waals surface area contributed by atoms with E-state index in [1.165, 1.54) is 19.3 Å².